The van der Waals surface area contributed by atoms with Gasteiger partial charge >= 0.3 is 0 Å². The van der Waals surface area contributed by atoms with Crippen LogP contribution in [0.15, 0.2) is 29.8 Å². The Labute approximate surface area is 92.5 Å². The van der Waals surface area contributed by atoms with Crippen molar-refractivity contribution < 1.29 is 4.39 Å². The molecule has 0 atom stereocenters. The van der Waals surface area contributed by atoms with Gasteiger partial charge in [0.25, 0.3) is 0 Å². The SMILES string of the molecule is C=C(Cl)CNCc1cc(Cl)ccc1F. The number of halogens is 3. The van der Waals surface area contributed by atoms with Gasteiger partial charge < -0.3 is 5.32 Å². The van der Waals surface area contributed by atoms with Crippen LogP contribution in [0.5, 0.6) is 0 Å². The molecular weight excluding hydrogens is 224 g/mol. The van der Waals surface area contributed by atoms with E-state index in [1.165, 1.54) is 12.1 Å². The molecule has 0 unspecified atom stereocenters. The summed E-state index contributed by atoms with van der Waals surface area (Å²) in [5, 5.41) is 3.95. The van der Waals surface area contributed by atoms with Gasteiger partial charge in [0, 0.05) is 28.7 Å². The zero-order chi connectivity index (χ0) is 10.6. The van der Waals surface area contributed by atoms with Crippen molar-refractivity contribution in [3.8, 4) is 0 Å². The molecule has 0 saturated heterocycles. The minimum Gasteiger partial charge on any atom is -0.308 e. The third kappa shape index (κ3) is 3.66. The largest absolute Gasteiger partial charge is 0.308 e. The van der Waals surface area contributed by atoms with Crippen molar-refractivity contribution in [3.05, 3.63) is 46.2 Å². The van der Waals surface area contributed by atoms with Crippen LogP contribution < -0.4 is 5.32 Å². The summed E-state index contributed by atoms with van der Waals surface area (Å²) in [6, 6.07) is 4.44. The van der Waals surface area contributed by atoms with E-state index >= 15 is 0 Å². The molecule has 76 valence electrons. The molecule has 0 saturated carbocycles. The Hall–Kier alpha value is -0.570. The molecule has 1 rings (SSSR count). The highest BCUT2D eigenvalue weighted by Gasteiger charge is 2.02. The van der Waals surface area contributed by atoms with Crippen LogP contribution in [0.3, 0.4) is 0 Å². The Morgan fingerprint density at radius 1 is 1.50 bits per heavy atom. The van der Waals surface area contributed by atoms with Gasteiger partial charge in [0.05, 0.1) is 0 Å². The zero-order valence-electron chi connectivity index (χ0n) is 7.49. The fourth-order valence-corrected chi connectivity index (χ4v) is 1.30. The van der Waals surface area contributed by atoms with Crippen molar-refractivity contribution in [1.82, 2.24) is 5.32 Å². The van der Waals surface area contributed by atoms with Crippen LogP contribution in [0.25, 0.3) is 0 Å². The molecule has 0 aromatic heterocycles. The summed E-state index contributed by atoms with van der Waals surface area (Å²) in [6.45, 7) is 4.35. The Balaban J connectivity index is 2.57. The van der Waals surface area contributed by atoms with E-state index in [1.54, 1.807) is 6.07 Å². The van der Waals surface area contributed by atoms with Crippen molar-refractivity contribution in [1.29, 1.82) is 0 Å². The number of rotatable bonds is 4. The minimum atomic E-state index is -0.276. The molecule has 0 aliphatic carbocycles. The number of hydrogen-bond donors (Lipinski definition) is 1. The molecule has 0 amide bonds. The predicted molar refractivity (Wildman–Crippen MR) is 58.1 cm³/mol. The minimum absolute atomic E-state index is 0.276. The second-order valence-electron chi connectivity index (χ2n) is 2.86. The average Bonchev–Trinajstić information content (AvgIpc) is 2.10. The van der Waals surface area contributed by atoms with E-state index in [4.69, 9.17) is 23.2 Å². The number of hydrogen-bond acceptors (Lipinski definition) is 1. The monoisotopic (exact) mass is 233 g/mol. The summed E-state index contributed by atoms with van der Waals surface area (Å²) in [6.07, 6.45) is 0. The Kier molecular flexibility index (Phi) is 4.39. The van der Waals surface area contributed by atoms with Crippen LogP contribution in [0.4, 0.5) is 4.39 Å². The summed E-state index contributed by atoms with van der Waals surface area (Å²) in [4.78, 5) is 0. The lowest BCUT2D eigenvalue weighted by Gasteiger charge is -2.05. The van der Waals surface area contributed by atoms with Crippen molar-refractivity contribution in [2.45, 2.75) is 6.54 Å². The molecule has 1 aromatic carbocycles. The number of nitrogens with one attached hydrogen (secondary N) is 1. The van der Waals surface area contributed by atoms with Crippen molar-refractivity contribution in [2.24, 2.45) is 0 Å². The summed E-state index contributed by atoms with van der Waals surface area (Å²) < 4.78 is 13.1. The van der Waals surface area contributed by atoms with E-state index in [-0.39, 0.29) is 5.82 Å². The van der Waals surface area contributed by atoms with Gasteiger partial charge in [-0.3, -0.25) is 0 Å². The van der Waals surface area contributed by atoms with Crippen LogP contribution in [-0.4, -0.2) is 6.54 Å². The molecule has 1 nitrogen and oxygen atoms in total. The first-order chi connectivity index (χ1) is 6.59. The normalized spacial score (nSPS) is 10.2. The van der Waals surface area contributed by atoms with E-state index in [9.17, 15) is 4.39 Å². The molecule has 0 fully saturated rings. The maximum atomic E-state index is 13.1. The highest BCUT2D eigenvalue weighted by molar-refractivity contribution is 6.30. The Bertz CT molecular complexity index is 339. The topological polar surface area (TPSA) is 12.0 Å². The molecule has 0 aliphatic rings. The maximum absolute atomic E-state index is 13.1. The van der Waals surface area contributed by atoms with Crippen molar-refractivity contribution in [2.75, 3.05) is 6.54 Å². The Morgan fingerprint density at radius 3 is 2.86 bits per heavy atom. The van der Waals surface area contributed by atoms with Crippen LogP contribution in [-0.2, 0) is 6.54 Å². The lowest BCUT2D eigenvalue weighted by Crippen LogP contribution is -2.15. The molecule has 4 heteroatoms. The fraction of sp³-hybridized carbons (Fsp3) is 0.200. The van der Waals surface area contributed by atoms with E-state index in [0.29, 0.717) is 28.7 Å². The quantitative estimate of drug-likeness (QED) is 0.842. The molecule has 14 heavy (non-hydrogen) atoms. The third-order valence-electron chi connectivity index (χ3n) is 1.64. The molecule has 0 heterocycles. The smallest absolute Gasteiger partial charge is 0.127 e. The molecule has 1 N–H and O–H groups in total. The molecule has 0 spiro atoms. The van der Waals surface area contributed by atoms with Crippen LogP contribution >= 0.6 is 23.2 Å². The predicted octanol–water partition coefficient (Wildman–Crippen LogP) is 3.32. The molecule has 1 aromatic rings. The number of benzene rings is 1. The first-order valence-corrected chi connectivity index (χ1v) is 4.83. The van der Waals surface area contributed by atoms with E-state index in [2.05, 4.69) is 11.9 Å². The highest BCUT2D eigenvalue weighted by Crippen LogP contribution is 2.14. The zero-order valence-corrected chi connectivity index (χ0v) is 9.00. The fourth-order valence-electron chi connectivity index (χ4n) is 1.01. The highest BCUT2D eigenvalue weighted by atomic mass is 35.5. The van der Waals surface area contributed by atoms with Gasteiger partial charge in [-0.25, -0.2) is 4.39 Å². The molecule has 0 bridgehead atoms. The van der Waals surface area contributed by atoms with Gasteiger partial charge in [0.1, 0.15) is 5.82 Å². The van der Waals surface area contributed by atoms with Gasteiger partial charge in [-0.1, -0.05) is 29.8 Å². The maximum Gasteiger partial charge on any atom is 0.127 e. The van der Waals surface area contributed by atoms with Crippen molar-refractivity contribution in [3.63, 3.8) is 0 Å². The molecule has 0 aliphatic heterocycles. The van der Waals surface area contributed by atoms with Crippen LogP contribution in [0.1, 0.15) is 5.56 Å². The third-order valence-corrected chi connectivity index (χ3v) is 2.01. The Morgan fingerprint density at radius 2 is 2.21 bits per heavy atom. The first-order valence-electron chi connectivity index (χ1n) is 4.07. The van der Waals surface area contributed by atoms with Crippen molar-refractivity contribution >= 4 is 23.2 Å². The molecular formula is C10H10Cl2FN. The van der Waals surface area contributed by atoms with Crippen LogP contribution in [0, 0.1) is 5.82 Å². The van der Waals surface area contributed by atoms with Gasteiger partial charge in [0.15, 0.2) is 0 Å². The van der Waals surface area contributed by atoms with E-state index in [1.807, 2.05) is 0 Å². The van der Waals surface area contributed by atoms with Crippen LogP contribution in [0.2, 0.25) is 5.02 Å². The summed E-state index contributed by atoms with van der Waals surface area (Å²) in [7, 11) is 0. The second-order valence-corrected chi connectivity index (χ2v) is 3.83. The standard InChI is InChI=1S/C10H10Cl2FN/c1-7(11)5-14-6-8-4-9(12)2-3-10(8)13/h2-4,14H,1,5-6H2. The summed E-state index contributed by atoms with van der Waals surface area (Å²) in [5.74, 6) is -0.276. The average molecular weight is 234 g/mol. The summed E-state index contributed by atoms with van der Waals surface area (Å²) in [5.41, 5.74) is 0.524. The second kappa shape index (κ2) is 5.35. The lowest BCUT2D eigenvalue weighted by molar-refractivity contribution is 0.596. The van der Waals surface area contributed by atoms with Gasteiger partial charge in [-0.15, -0.1) is 0 Å². The summed E-state index contributed by atoms with van der Waals surface area (Å²) >= 11 is 11.3. The van der Waals surface area contributed by atoms with Gasteiger partial charge in [-0.05, 0) is 18.2 Å². The van der Waals surface area contributed by atoms with Gasteiger partial charge in [0.2, 0.25) is 0 Å². The van der Waals surface area contributed by atoms with E-state index in [0.717, 1.165) is 0 Å². The lowest BCUT2D eigenvalue weighted by atomic mass is 10.2. The first kappa shape index (κ1) is 11.5. The van der Waals surface area contributed by atoms with E-state index < -0.39 is 0 Å². The van der Waals surface area contributed by atoms with Gasteiger partial charge in [-0.2, -0.15) is 0 Å². The molecule has 0 radical (unpaired) electrons.